The van der Waals surface area contributed by atoms with E-state index >= 15 is 0 Å². The molecule has 0 aliphatic carbocycles. The summed E-state index contributed by atoms with van der Waals surface area (Å²) >= 11 is 0. The monoisotopic (exact) mass is 459 g/mol. The third-order valence-electron chi connectivity index (χ3n) is 6.56. The van der Waals surface area contributed by atoms with Crippen LogP contribution in [0.15, 0.2) is 78.9 Å². The van der Waals surface area contributed by atoms with Crippen LogP contribution in [-0.4, -0.2) is 31.7 Å². The fraction of sp³-hybridized carbons (Fsp3) is 0.259. The van der Waals surface area contributed by atoms with Crippen LogP contribution in [0.3, 0.4) is 0 Å². The van der Waals surface area contributed by atoms with Crippen molar-refractivity contribution in [1.82, 2.24) is 0 Å². The Balaban J connectivity index is 1.71. The number of cyclic esters (lactones) is 1. The lowest BCUT2D eigenvalue weighted by Gasteiger charge is -2.31. The molecule has 0 spiro atoms. The molecule has 0 saturated carbocycles. The van der Waals surface area contributed by atoms with E-state index in [1.54, 1.807) is 31.4 Å². The van der Waals surface area contributed by atoms with Crippen molar-refractivity contribution >= 4 is 17.6 Å². The first kappa shape index (κ1) is 22.0. The zero-order valence-corrected chi connectivity index (χ0v) is 19.1. The normalized spacial score (nSPS) is 25.6. The molecule has 4 atom stereocenters. The Morgan fingerprint density at radius 3 is 2.15 bits per heavy atom. The number of hydroxylamine groups is 1. The molecule has 2 heterocycles. The Hall–Kier alpha value is -3.84. The zero-order chi connectivity index (χ0) is 23.9. The summed E-state index contributed by atoms with van der Waals surface area (Å²) in [7, 11) is 2.84. The third-order valence-corrected chi connectivity index (χ3v) is 6.56. The predicted octanol–water partition coefficient (Wildman–Crippen LogP) is 4.32. The summed E-state index contributed by atoms with van der Waals surface area (Å²) in [5.41, 5.74) is 1.39. The minimum absolute atomic E-state index is 0.511. The molecule has 2 aliphatic rings. The van der Waals surface area contributed by atoms with Gasteiger partial charge in [0.2, 0.25) is 0 Å². The summed E-state index contributed by atoms with van der Waals surface area (Å²) in [6.45, 7) is 2.00. The second-order valence-corrected chi connectivity index (χ2v) is 8.45. The van der Waals surface area contributed by atoms with Crippen LogP contribution >= 0.6 is 0 Å². The summed E-state index contributed by atoms with van der Waals surface area (Å²) in [4.78, 5) is 33.6. The maximum absolute atomic E-state index is 13.6. The van der Waals surface area contributed by atoms with Gasteiger partial charge < -0.3 is 14.2 Å². The predicted molar refractivity (Wildman–Crippen MR) is 124 cm³/mol. The van der Waals surface area contributed by atoms with E-state index in [4.69, 9.17) is 19.0 Å². The first-order valence-electron chi connectivity index (χ1n) is 11.0. The van der Waals surface area contributed by atoms with Gasteiger partial charge in [-0.3, -0.25) is 4.84 Å². The van der Waals surface area contributed by atoms with Gasteiger partial charge in [-0.15, -0.1) is 0 Å². The summed E-state index contributed by atoms with van der Waals surface area (Å²) in [6, 6.07) is 24.2. The highest BCUT2D eigenvalue weighted by Gasteiger charge is 2.74. The Kier molecular flexibility index (Phi) is 5.49. The average Bonchev–Trinajstić information content (AvgIpc) is 3.39. The lowest BCUT2D eigenvalue weighted by atomic mass is 9.76. The van der Waals surface area contributed by atoms with Crippen LogP contribution in [-0.2, 0) is 23.9 Å². The molecule has 4 unspecified atom stereocenters. The second-order valence-electron chi connectivity index (χ2n) is 8.45. The van der Waals surface area contributed by atoms with Gasteiger partial charge in [0.25, 0.3) is 5.54 Å². The van der Waals surface area contributed by atoms with Gasteiger partial charge in [-0.1, -0.05) is 60.2 Å². The smallest absolute Gasteiger partial charge is 0.347 e. The van der Waals surface area contributed by atoms with Crippen molar-refractivity contribution in [3.05, 3.63) is 95.6 Å². The van der Waals surface area contributed by atoms with Gasteiger partial charge in [0.1, 0.15) is 18.0 Å². The lowest BCUT2D eigenvalue weighted by Crippen LogP contribution is -2.58. The molecular weight excluding hydrogens is 434 g/mol. The molecule has 7 nitrogen and oxygen atoms in total. The first-order valence-corrected chi connectivity index (χ1v) is 11.0. The third kappa shape index (κ3) is 3.23. The molecule has 0 aromatic heterocycles. The number of hydrogen-bond acceptors (Lipinski definition) is 7. The summed E-state index contributed by atoms with van der Waals surface area (Å²) in [6.07, 6.45) is -1.35. The van der Waals surface area contributed by atoms with Gasteiger partial charge in [0, 0.05) is 0 Å². The van der Waals surface area contributed by atoms with E-state index in [2.05, 4.69) is 0 Å². The van der Waals surface area contributed by atoms with Crippen molar-refractivity contribution < 1.29 is 28.6 Å². The Morgan fingerprint density at radius 1 is 0.882 bits per heavy atom. The van der Waals surface area contributed by atoms with Crippen LogP contribution in [0.4, 0.5) is 5.69 Å². The maximum atomic E-state index is 13.6. The van der Waals surface area contributed by atoms with Crippen LogP contribution < -0.4 is 9.80 Å². The molecule has 0 N–H and O–H groups in total. The quantitative estimate of drug-likeness (QED) is 0.415. The number of rotatable bonds is 5. The molecule has 174 valence electrons. The highest BCUT2D eigenvalue weighted by molar-refractivity contribution is 6.10. The molecule has 0 amide bonds. The van der Waals surface area contributed by atoms with E-state index < -0.39 is 35.6 Å². The number of carbonyl (C=O) groups excluding carboxylic acids is 2. The van der Waals surface area contributed by atoms with Crippen molar-refractivity contribution in [2.24, 2.45) is 5.92 Å². The molecule has 3 aromatic carbocycles. The molecule has 2 aliphatic heterocycles. The number of methoxy groups -OCH3 is 2. The highest BCUT2D eigenvalue weighted by Crippen LogP contribution is 2.58. The van der Waals surface area contributed by atoms with Crippen LogP contribution in [0.2, 0.25) is 0 Å². The SMILES string of the molecule is COC(=O)C12C(=O)OC(c3ccccc3)C1C(c1ccc(C)cc1)ON2c1ccc(OC)cc1. The van der Waals surface area contributed by atoms with Gasteiger partial charge in [-0.25, -0.2) is 14.7 Å². The van der Waals surface area contributed by atoms with Crippen LogP contribution in [0.25, 0.3) is 0 Å². The summed E-state index contributed by atoms with van der Waals surface area (Å²) in [5.74, 6) is -1.49. The number of carbonyl (C=O) groups is 2. The minimum atomic E-state index is -1.82. The Bertz CT molecular complexity index is 1190. The topological polar surface area (TPSA) is 74.3 Å². The second kappa shape index (κ2) is 8.50. The van der Waals surface area contributed by atoms with E-state index in [-0.39, 0.29) is 0 Å². The van der Waals surface area contributed by atoms with Crippen molar-refractivity contribution in [1.29, 1.82) is 0 Å². The molecular formula is C27H25NO6. The maximum Gasteiger partial charge on any atom is 0.347 e. The van der Waals surface area contributed by atoms with E-state index in [0.29, 0.717) is 11.4 Å². The highest BCUT2D eigenvalue weighted by atomic mass is 16.7. The number of esters is 2. The average molecular weight is 459 g/mol. The van der Waals surface area contributed by atoms with Gasteiger partial charge in [0.05, 0.1) is 25.8 Å². The van der Waals surface area contributed by atoms with Crippen LogP contribution in [0.5, 0.6) is 5.75 Å². The molecule has 34 heavy (non-hydrogen) atoms. The fourth-order valence-electron chi connectivity index (χ4n) is 4.87. The Morgan fingerprint density at radius 2 is 1.53 bits per heavy atom. The fourth-order valence-corrected chi connectivity index (χ4v) is 4.87. The number of anilines is 1. The van der Waals surface area contributed by atoms with E-state index in [0.717, 1.165) is 16.7 Å². The number of ether oxygens (including phenoxy) is 3. The number of fused-ring (bicyclic) bond motifs is 1. The molecule has 2 fully saturated rings. The van der Waals surface area contributed by atoms with Gasteiger partial charge in [-0.05, 0) is 42.3 Å². The number of hydrogen-bond donors (Lipinski definition) is 0. The van der Waals surface area contributed by atoms with E-state index in [1.807, 2.05) is 61.5 Å². The van der Waals surface area contributed by atoms with E-state index in [1.165, 1.54) is 12.2 Å². The number of nitrogens with zero attached hydrogens (tertiary/aromatic N) is 1. The van der Waals surface area contributed by atoms with Crippen molar-refractivity contribution in [2.75, 3.05) is 19.3 Å². The summed E-state index contributed by atoms with van der Waals surface area (Å²) in [5, 5.41) is 1.36. The molecule has 5 rings (SSSR count). The summed E-state index contributed by atoms with van der Waals surface area (Å²) < 4.78 is 16.4. The minimum Gasteiger partial charge on any atom is -0.497 e. The first-order chi connectivity index (χ1) is 16.5. The molecule has 2 saturated heterocycles. The van der Waals surface area contributed by atoms with Crippen molar-refractivity contribution in [2.45, 2.75) is 24.7 Å². The lowest BCUT2D eigenvalue weighted by molar-refractivity contribution is -0.159. The van der Waals surface area contributed by atoms with Crippen LogP contribution in [0.1, 0.15) is 28.9 Å². The zero-order valence-electron chi connectivity index (χ0n) is 19.1. The van der Waals surface area contributed by atoms with Gasteiger partial charge in [-0.2, -0.15) is 0 Å². The number of benzene rings is 3. The van der Waals surface area contributed by atoms with Crippen molar-refractivity contribution in [3.8, 4) is 5.75 Å². The number of aryl methyl sites for hydroxylation is 1. The van der Waals surface area contributed by atoms with Gasteiger partial charge >= 0.3 is 11.9 Å². The molecule has 0 radical (unpaired) electrons. The van der Waals surface area contributed by atoms with E-state index in [9.17, 15) is 9.59 Å². The molecule has 3 aromatic rings. The van der Waals surface area contributed by atoms with Crippen molar-refractivity contribution in [3.63, 3.8) is 0 Å². The van der Waals surface area contributed by atoms with Gasteiger partial charge in [0.15, 0.2) is 0 Å². The molecule has 0 bridgehead atoms. The standard InChI is InChI=1S/C27H25NO6/c1-17-9-11-19(12-10-17)24-22-23(18-7-5-4-6-8-18)33-26(30)27(22,25(29)32-3)28(34-24)20-13-15-21(31-2)16-14-20/h4-16,22-24H,1-3H3. The molecule has 7 heteroatoms. The largest absolute Gasteiger partial charge is 0.497 e. The Labute approximate surface area is 197 Å². The van der Waals surface area contributed by atoms with Crippen LogP contribution in [0, 0.1) is 12.8 Å².